The van der Waals surface area contributed by atoms with Gasteiger partial charge in [-0.2, -0.15) is 0 Å². The van der Waals surface area contributed by atoms with Gasteiger partial charge in [0.05, 0.1) is 6.54 Å². The molecular weight excluding hydrogens is 341 g/mol. The van der Waals surface area contributed by atoms with Crippen molar-refractivity contribution in [1.82, 2.24) is 4.90 Å². The Morgan fingerprint density at radius 3 is 2.61 bits per heavy atom. The summed E-state index contributed by atoms with van der Waals surface area (Å²) in [4.78, 5) is 13.7. The Bertz CT molecular complexity index is 432. The number of halogens is 1. The number of nitrogens with zero attached hydrogens (tertiary/aromatic N) is 1. The van der Waals surface area contributed by atoms with E-state index < -0.39 is 0 Å². The third-order valence-electron chi connectivity index (χ3n) is 2.58. The number of amides is 1. The molecule has 4 nitrogen and oxygen atoms in total. The molecule has 0 atom stereocenters. The Morgan fingerprint density at radius 2 is 2.11 bits per heavy atom. The van der Waals surface area contributed by atoms with Gasteiger partial charge >= 0.3 is 0 Å². The highest BCUT2D eigenvalue weighted by molar-refractivity contribution is 14.1. The van der Waals surface area contributed by atoms with Gasteiger partial charge in [0, 0.05) is 16.7 Å². The fourth-order valence-corrected chi connectivity index (χ4v) is 2.41. The Balaban J connectivity index is 2.97. The Kier molecular flexibility index (Phi) is 6.04. The highest BCUT2D eigenvalue weighted by atomic mass is 127. The van der Waals surface area contributed by atoms with Crippen molar-refractivity contribution in [1.29, 1.82) is 0 Å². The minimum atomic E-state index is 0.00898. The zero-order chi connectivity index (χ0) is 13.7. The molecule has 100 valence electrons. The van der Waals surface area contributed by atoms with E-state index >= 15 is 0 Å². The summed E-state index contributed by atoms with van der Waals surface area (Å²) in [5.74, 6) is 0.00898. The Morgan fingerprint density at radius 1 is 1.44 bits per heavy atom. The molecule has 0 radical (unpaired) electrons. The van der Waals surface area contributed by atoms with Crippen LogP contribution in [0.4, 0.5) is 5.69 Å². The second-order valence-electron chi connectivity index (χ2n) is 4.57. The van der Waals surface area contributed by atoms with Gasteiger partial charge in [-0.3, -0.25) is 4.79 Å². The van der Waals surface area contributed by atoms with Crippen molar-refractivity contribution in [2.75, 3.05) is 26.0 Å². The molecule has 0 spiro atoms. The van der Waals surface area contributed by atoms with Gasteiger partial charge in [-0.05, 0) is 37.7 Å². The topological polar surface area (TPSA) is 58.4 Å². The third-order valence-corrected chi connectivity index (χ3v) is 3.40. The summed E-state index contributed by atoms with van der Waals surface area (Å²) in [6.07, 6.45) is 0. The molecule has 0 aliphatic carbocycles. The molecule has 0 unspecified atom stereocenters. The largest absolute Gasteiger partial charge is 0.326 e. The van der Waals surface area contributed by atoms with Crippen LogP contribution in [0.2, 0.25) is 0 Å². The van der Waals surface area contributed by atoms with Crippen molar-refractivity contribution >= 4 is 34.2 Å². The van der Waals surface area contributed by atoms with Crippen LogP contribution in [-0.2, 0) is 15.8 Å². The number of rotatable bonds is 5. The summed E-state index contributed by atoms with van der Waals surface area (Å²) in [5.41, 5.74) is 9.88. The van der Waals surface area contributed by atoms with E-state index in [1.807, 2.05) is 32.0 Å². The van der Waals surface area contributed by atoms with Gasteiger partial charge in [0.2, 0.25) is 5.91 Å². The predicted molar refractivity (Wildman–Crippen MR) is 84.0 cm³/mol. The number of anilines is 1. The molecule has 0 aromatic heterocycles. The molecule has 0 heterocycles. The van der Waals surface area contributed by atoms with Crippen LogP contribution in [0.3, 0.4) is 0 Å². The van der Waals surface area contributed by atoms with E-state index in [0.29, 0.717) is 13.1 Å². The maximum absolute atomic E-state index is 11.8. The van der Waals surface area contributed by atoms with Crippen LogP contribution in [0, 0.1) is 6.92 Å². The molecule has 1 aromatic carbocycles. The molecule has 1 aromatic rings. The fourth-order valence-electron chi connectivity index (χ4n) is 1.81. The molecule has 18 heavy (non-hydrogen) atoms. The maximum atomic E-state index is 11.8. The number of benzene rings is 1. The van der Waals surface area contributed by atoms with Crippen LogP contribution in [0.15, 0.2) is 12.1 Å². The lowest BCUT2D eigenvalue weighted by molar-refractivity contribution is -0.116. The van der Waals surface area contributed by atoms with Crippen LogP contribution in [0.25, 0.3) is 0 Å². The summed E-state index contributed by atoms with van der Waals surface area (Å²) in [7, 11) is 3.76. The van der Waals surface area contributed by atoms with E-state index in [1.54, 1.807) is 0 Å². The van der Waals surface area contributed by atoms with E-state index in [9.17, 15) is 4.79 Å². The lowest BCUT2D eigenvalue weighted by Gasteiger charge is -2.16. The third kappa shape index (κ3) is 4.22. The number of carbonyl (C=O) groups excluding carboxylic acids is 1. The van der Waals surface area contributed by atoms with Crippen molar-refractivity contribution in [3.8, 4) is 0 Å². The van der Waals surface area contributed by atoms with E-state index in [4.69, 9.17) is 5.73 Å². The molecule has 1 rings (SSSR count). The molecule has 0 saturated carbocycles. The summed E-state index contributed by atoms with van der Waals surface area (Å²) >= 11 is 2.30. The first-order valence-corrected chi connectivity index (χ1v) is 7.33. The smallest absolute Gasteiger partial charge is 0.238 e. The van der Waals surface area contributed by atoms with Crippen molar-refractivity contribution in [3.63, 3.8) is 0 Å². The number of aryl methyl sites for hydroxylation is 1. The molecular formula is C13H20IN3O. The number of hydrogen-bond donors (Lipinski definition) is 2. The molecule has 0 aliphatic heterocycles. The summed E-state index contributed by atoms with van der Waals surface area (Å²) in [5, 5.41) is 2.99. The Labute approximate surface area is 122 Å². The van der Waals surface area contributed by atoms with E-state index in [2.05, 4.69) is 34.0 Å². The predicted octanol–water partition coefficient (Wildman–Crippen LogP) is 1.89. The van der Waals surface area contributed by atoms with Gasteiger partial charge in [0.25, 0.3) is 0 Å². The molecule has 0 bridgehead atoms. The lowest BCUT2D eigenvalue weighted by Crippen LogP contribution is -2.27. The van der Waals surface area contributed by atoms with Gasteiger partial charge in [-0.25, -0.2) is 0 Å². The number of carbonyl (C=O) groups is 1. The van der Waals surface area contributed by atoms with Crippen molar-refractivity contribution in [2.45, 2.75) is 17.9 Å². The number of nitrogens with one attached hydrogen (secondary N) is 1. The SMILES string of the molecule is Cc1cc(CN)cc(CI)c1NC(=O)CN(C)C. The Hall–Kier alpha value is -0.660. The van der Waals surface area contributed by atoms with E-state index in [-0.39, 0.29) is 5.91 Å². The highest BCUT2D eigenvalue weighted by Crippen LogP contribution is 2.25. The van der Waals surface area contributed by atoms with Crippen LogP contribution < -0.4 is 11.1 Å². The number of hydrogen-bond acceptors (Lipinski definition) is 3. The van der Waals surface area contributed by atoms with Crippen molar-refractivity contribution in [2.24, 2.45) is 5.73 Å². The van der Waals surface area contributed by atoms with Gasteiger partial charge in [0.1, 0.15) is 0 Å². The monoisotopic (exact) mass is 361 g/mol. The number of likely N-dealkylation sites (N-methyl/N-ethyl adjacent to an activating group) is 1. The molecule has 5 heteroatoms. The quantitative estimate of drug-likeness (QED) is 0.622. The second-order valence-corrected chi connectivity index (χ2v) is 5.33. The van der Waals surface area contributed by atoms with Crippen LogP contribution in [0.5, 0.6) is 0 Å². The first-order chi connectivity index (χ1) is 8.47. The van der Waals surface area contributed by atoms with Gasteiger partial charge < -0.3 is 16.0 Å². The molecule has 0 saturated heterocycles. The number of nitrogens with two attached hydrogens (primary N) is 1. The standard InChI is InChI=1S/C13H20IN3O/c1-9-4-10(7-15)5-11(6-14)13(9)16-12(18)8-17(2)3/h4-5H,6-8,15H2,1-3H3,(H,16,18). The van der Waals surface area contributed by atoms with Crippen LogP contribution in [0.1, 0.15) is 16.7 Å². The average Bonchev–Trinajstić information content (AvgIpc) is 2.30. The fraction of sp³-hybridized carbons (Fsp3) is 0.462. The highest BCUT2D eigenvalue weighted by Gasteiger charge is 2.11. The van der Waals surface area contributed by atoms with Crippen molar-refractivity contribution in [3.05, 3.63) is 28.8 Å². The zero-order valence-electron chi connectivity index (χ0n) is 11.1. The average molecular weight is 361 g/mol. The zero-order valence-corrected chi connectivity index (χ0v) is 13.2. The second kappa shape index (κ2) is 7.06. The first kappa shape index (κ1) is 15.4. The first-order valence-electron chi connectivity index (χ1n) is 5.81. The maximum Gasteiger partial charge on any atom is 0.238 e. The van der Waals surface area contributed by atoms with E-state index in [1.165, 1.54) is 0 Å². The molecule has 0 aliphatic rings. The van der Waals surface area contributed by atoms with E-state index in [0.717, 1.165) is 26.8 Å². The summed E-state index contributed by atoms with van der Waals surface area (Å²) < 4.78 is 0.851. The van der Waals surface area contributed by atoms with Gasteiger partial charge in [-0.1, -0.05) is 34.7 Å². The van der Waals surface area contributed by atoms with Crippen molar-refractivity contribution < 1.29 is 4.79 Å². The molecule has 1 amide bonds. The van der Waals surface area contributed by atoms with Gasteiger partial charge in [0.15, 0.2) is 0 Å². The molecule has 3 N–H and O–H groups in total. The normalized spacial score (nSPS) is 10.8. The van der Waals surface area contributed by atoms with Gasteiger partial charge in [-0.15, -0.1) is 0 Å². The minimum absolute atomic E-state index is 0.00898. The van der Waals surface area contributed by atoms with Crippen LogP contribution >= 0.6 is 22.6 Å². The minimum Gasteiger partial charge on any atom is -0.326 e. The summed E-state index contributed by atoms with van der Waals surface area (Å²) in [6.45, 7) is 2.91. The summed E-state index contributed by atoms with van der Waals surface area (Å²) in [6, 6.07) is 4.09. The number of alkyl halides is 1. The van der Waals surface area contributed by atoms with Crippen LogP contribution in [-0.4, -0.2) is 31.4 Å². The molecule has 0 fully saturated rings. The lowest BCUT2D eigenvalue weighted by atomic mass is 10.0.